The fourth-order valence-corrected chi connectivity index (χ4v) is 1.56. The average Bonchev–Trinajstić information content (AvgIpc) is 2.42. The van der Waals surface area contributed by atoms with Crippen molar-refractivity contribution in [3.05, 3.63) is 54.4 Å². The molecule has 1 aromatic carbocycles. The van der Waals surface area contributed by atoms with Crippen molar-refractivity contribution in [1.29, 1.82) is 0 Å². The van der Waals surface area contributed by atoms with E-state index in [2.05, 4.69) is 10.3 Å². The van der Waals surface area contributed by atoms with E-state index in [1.165, 1.54) is 0 Å². The molecule has 3 N–H and O–H groups in total. The van der Waals surface area contributed by atoms with E-state index in [4.69, 9.17) is 10.5 Å². The minimum absolute atomic E-state index is 0.584. The Morgan fingerprint density at radius 2 is 1.94 bits per heavy atom. The van der Waals surface area contributed by atoms with Gasteiger partial charge in [0.05, 0.1) is 11.4 Å². The van der Waals surface area contributed by atoms with Gasteiger partial charge in [0.1, 0.15) is 12.4 Å². The average molecular weight is 243 g/mol. The van der Waals surface area contributed by atoms with Crippen molar-refractivity contribution in [3.63, 3.8) is 0 Å². The Hall–Kier alpha value is -2.07. The molecule has 0 fully saturated rings. The molecule has 18 heavy (non-hydrogen) atoms. The first kappa shape index (κ1) is 12.4. The number of nitrogens with two attached hydrogens (primary N) is 1. The number of benzene rings is 1. The van der Waals surface area contributed by atoms with E-state index in [9.17, 15) is 0 Å². The van der Waals surface area contributed by atoms with Crippen LogP contribution in [-0.4, -0.2) is 18.1 Å². The molecule has 0 saturated carbocycles. The smallest absolute Gasteiger partial charge is 0.142 e. The maximum absolute atomic E-state index is 5.77. The van der Waals surface area contributed by atoms with Crippen LogP contribution in [0.1, 0.15) is 5.69 Å². The first-order chi connectivity index (χ1) is 8.86. The highest BCUT2D eigenvalue weighted by Crippen LogP contribution is 2.19. The van der Waals surface area contributed by atoms with E-state index in [1.807, 2.05) is 42.5 Å². The van der Waals surface area contributed by atoms with E-state index in [1.54, 1.807) is 6.20 Å². The minimum Gasteiger partial charge on any atom is -0.490 e. The van der Waals surface area contributed by atoms with E-state index in [0.717, 1.165) is 24.5 Å². The van der Waals surface area contributed by atoms with Crippen LogP contribution in [0.15, 0.2) is 48.7 Å². The molecule has 0 aliphatic rings. The van der Waals surface area contributed by atoms with Crippen molar-refractivity contribution in [1.82, 2.24) is 10.3 Å². The van der Waals surface area contributed by atoms with E-state index >= 15 is 0 Å². The van der Waals surface area contributed by atoms with Crippen molar-refractivity contribution in [2.75, 3.05) is 18.9 Å². The van der Waals surface area contributed by atoms with E-state index in [-0.39, 0.29) is 0 Å². The molecule has 0 atom stereocenters. The zero-order valence-electron chi connectivity index (χ0n) is 10.2. The van der Waals surface area contributed by atoms with Gasteiger partial charge in [0.2, 0.25) is 0 Å². The molecule has 0 unspecified atom stereocenters. The van der Waals surface area contributed by atoms with Crippen molar-refractivity contribution in [2.24, 2.45) is 0 Å². The summed E-state index contributed by atoms with van der Waals surface area (Å²) in [7, 11) is 0. The number of para-hydroxylation sites is 2. The number of nitrogens with zero attached hydrogens (tertiary/aromatic N) is 1. The summed E-state index contributed by atoms with van der Waals surface area (Å²) >= 11 is 0. The number of nitrogens with one attached hydrogen (secondary N) is 1. The molecule has 0 radical (unpaired) electrons. The molecule has 2 aromatic rings. The number of nitrogen functional groups attached to an aromatic ring is 1. The molecule has 0 spiro atoms. The monoisotopic (exact) mass is 243 g/mol. The van der Waals surface area contributed by atoms with E-state index in [0.29, 0.717) is 12.3 Å². The standard InChI is InChI=1S/C14H17N3O/c15-13-6-1-2-7-14(13)18-10-9-16-11-12-5-3-4-8-17-12/h1-8,16H,9-11,15H2. The lowest BCUT2D eigenvalue weighted by Crippen LogP contribution is -2.21. The minimum atomic E-state index is 0.584. The van der Waals surface area contributed by atoms with Gasteiger partial charge in [-0.3, -0.25) is 4.98 Å². The predicted octanol–water partition coefficient (Wildman–Crippen LogP) is 1.83. The highest BCUT2D eigenvalue weighted by atomic mass is 16.5. The first-order valence-electron chi connectivity index (χ1n) is 5.94. The molecule has 0 aliphatic heterocycles. The van der Waals surface area contributed by atoms with Crippen LogP contribution in [0.2, 0.25) is 0 Å². The number of ether oxygens (including phenoxy) is 1. The van der Waals surface area contributed by atoms with Crippen LogP contribution in [-0.2, 0) is 6.54 Å². The molecular weight excluding hydrogens is 226 g/mol. The van der Waals surface area contributed by atoms with Gasteiger partial charge in [0.15, 0.2) is 0 Å². The Labute approximate surface area is 107 Å². The predicted molar refractivity (Wildman–Crippen MR) is 72.3 cm³/mol. The Morgan fingerprint density at radius 3 is 2.72 bits per heavy atom. The molecule has 94 valence electrons. The quantitative estimate of drug-likeness (QED) is 0.600. The van der Waals surface area contributed by atoms with Crippen molar-refractivity contribution >= 4 is 5.69 Å². The maximum atomic E-state index is 5.77. The first-order valence-corrected chi connectivity index (χ1v) is 5.94. The highest BCUT2D eigenvalue weighted by molar-refractivity contribution is 5.51. The molecule has 0 amide bonds. The van der Waals surface area contributed by atoms with Gasteiger partial charge in [-0.2, -0.15) is 0 Å². The van der Waals surface area contributed by atoms with Crippen LogP contribution in [0.5, 0.6) is 5.75 Å². The Bertz CT molecular complexity index is 473. The number of hydrogen-bond acceptors (Lipinski definition) is 4. The molecule has 4 nitrogen and oxygen atoms in total. The van der Waals surface area contributed by atoms with Gasteiger partial charge in [-0.15, -0.1) is 0 Å². The van der Waals surface area contributed by atoms with Gasteiger partial charge < -0.3 is 15.8 Å². The number of pyridine rings is 1. The molecule has 0 aliphatic carbocycles. The molecule has 1 heterocycles. The third-order valence-electron chi connectivity index (χ3n) is 2.49. The number of anilines is 1. The normalized spacial score (nSPS) is 10.2. The Balaban J connectivity index is 1.66. The summed E-state index contributed by atoms with van der Waals surface area (Å²) in [6.07, 6.45) is 1.79. The van der Waals surface area contributed by atoms with Gasteiger partial charge in [0, 0.05) is 19.3 Å². The van der Waals surface area contributed by atoms with Gasteiger partial charge in [-0.1, -0.05) is 18.2 Å². The molecule has 0 bridgehead atoms. The molecule has 0 saturated heterocycles. The number of hydrogen-bond donors (Lipinski definition) is 2. The summed E-state index contributed by atoms with van der Waals surface area (Å²) in [5.41, 5.74) is 7.46. The molecular formula is C14H17N3O. The zero-order chi connectivity index (χ0) is 12.6. The lowest BCUT2D eigenvalue weighted by atomic mass is 10.3. The maximum Gasteiger partial charge on any atom is 0.142 e. The van der Waals surface area contributed by atoms with Crippen molar-refractivity contribution < 1.29 is 4.74 Å². The van der Waals surface area contributed by atoms with Crippen LogP contribution in [0.3, 0.4) is 0 Å². The van der Waals surface area contributed by atoms with Crippen LogP contribution in [0.25, 0.3) is 0 Å². The van der Waals surface area contributed by atoms with Gasteiger partial charge in [0.25, 0.3) is 0 Å². The summed E-state index contributed by atoms with van der Waals surface area (Å²) in [5.74, 6) is 0.733. The summed E-state index contributed by atoms with van der Waals surface area (Å²) < 4.78 is 5.57. The van der Waals surface area contributed by atoms with Crippen LogP contribution < -0.4 is 15.8 Å². The van der Waals surface area contributed by atoms with Crippen molar-refractivity contribution in [2.45, 2.75) is 6.54 Å². The second-order valence-corrected chi connectivity index (χ2v) is 3.88. The zero-order valence-corrected chi connectivity index (χ0v) is 10.2. The summed E-state index contributed by atoms with van der Waals surface area (Å²) in [4.78, 5) is 4.23. The molecule has 1 aromatic heterocycles. The largest absolute Gasteiger partial charge is 0.490 e. The summed E-state index contributed by atoms with van der Waals surface area (Å²) in [6, 6.07) is 13.4. The Kier molecular flexibility index (Phi) is 4.55. The SMILES string of the molecule is Nc1ccccc1OCCNCc1ccccn1. The highest BCUT2D eigenvalue weighted by Gasteiger charge is 1.97. The second-order valence-electron chi connectivity index (χ2n) is 3.88. The van der Waals surface area contributed by atoms with E-state index < -0.39 is 0 Å². The van der Waals surface area contributed by atoms with Gasteiger partial charge >= 0.3 is 0 Å². The van der Waals surface area contributed by atoms with Crippen LogP contribution in [0, 0.1) is 0 Å². The summed E-state index contributed by atoms with van der Waals surface area (Å²) in [6.45, 7) is 2.08. The third kappa shape index (κ3) is 3.75. The lowest BCUT2D eigenvalue weighted by Gasteiger charge is -2.09. The lowest BCUT2D eigenvalue weighted by molar-refractivity contribution is 0.315. The Morgan fingerprint density at radius 1 is 1.11 bits per heavy atom. The topological polar surface area (TPSA) is 60.2 Å². The van der Waals surface area contributed by atoms with Crippen molar-refractivity contribution in [3.8, 4) is 5.75 Å². The molecule has 2 rings (SSSR count). The molecule has 4 heteroatoms. The van der Waals surface area contributed by atoms with Crippen LogP contribution >= 0.6 is 0 Å². The number of rotatable bonds is 6. The summed E-state index contributed by atoms with van der Waals surface area (Å²) in [5, 5.41) is 3.26. The van der Waals surface area contributed by atoms with Gasteiger partial charge in [-0.25, -0.2) is 0 Å². The fraction of sp³-hybridized carbons (Fsp3) is 0.214. The van der Waals surface area contributed by atoms with Crippen LogP contribution in [0.4, 0.5) is 5.69 Å². The number of aromatic nitrogens is 1. The fourth-order valence-electron chi connectivity index (χ4n) is 1.56. The third-order valence-corrected chi connectivity index (χ3v) is 2.49. The van der Waals surface area contributed by atoms with Gasteiger partial charge in [-0.05, 0) is 24.3 Å². The second kappa shape index (κ2) is 6.61.